The summed E-state index contributed by atoms with van der Waals surface area (Å²) in [4.78, 5) is 22.1. The summed E-state index contributed by atoms with van der Waals surface area (Å²) in [6.07, 6.45) is 8.27. The van der Waals surface area contributed by atoms with Crippen molar-refractivity contribution in [3.63, 3.8) is 0 Å². The first-order chi connectivity index (χ1) is 12.3. The van der Waals surface area contributed by atoms with Crippen molar-refractivity contribution in [3.8, 4) is 11.1 Å². The van der Waals surface area contributed by atoms with Crippen LogP contribution in [0.15, 0.2) is 24.3 Å². The number of rotatable bonds is 2. The summed E-state index contributed by atoms with van der Waals surface area (Å²) < 4.78 is 4.94. The fraction of sp³-hybridized carbons (Fsp3) is 0.364. The van der Waals surface area contributed by atoms with Crippen LogP contribution in [-0.4, -0.2) is 25.8 Å². The second kappa shape index (κ2) is 6.93. The smallest absolute Gasteiger partial charge is 0.150 e. The monoisotopic (exact) mass is 334 g/mol. The molecule has 3 nitrogen and oxygen atoms in total. The molecule has 25 heavy (non-hydrogen) atoms. The van der Waals surface area contributed by atoms with Crippen LogP contribution in [0.25, 0.3) is 11.1 Å². The van der Waals surface area contributed by atoms with Crippen molar-refractivity contribution in [1.82, 2.24) is 0 Å². The molecule has 1 fully saturated rings. The fourth-order valence-corrected chi connectivity index (χ4v) is 4.21. The summed E-state index contributed by atoms with van der Waals surface area (Å²) in [7, 11) is 0. The maximum absolute atomic E-state index is 11.1. The normalized spacial score (nSPS) is 16.5. The molecule has 3 aliphatic rings. The Bertz CT molecular complexity index is 708. The van der Waals surface area contributed by atoms with E-state index in [1.165, 1.54) is 46.2 Å². The maximum Gasteiger partial charge on any atom is 0.150 e. The molecule has 2 aliphatic carbocycles. The molecular formula is C22H22O3. The first-order valence-electron chi connectivity index (χ1n) is 9.10. The van der Waals surface area contributed by atoms with Gasteiger partial charge >= 0.3 is 0 Å². The summed E-state index contributed by atoms with van der Waals surface area (Å²) in [5, 5.41) is 0. The number of aryl methyl sites for hydroxylation is 4. The Morgan fingerprint density at radius 2 is 1.00 bits per heavy atom. The van der Waals surface area contributed by atoms with Gasteiger partial charge in [-0.15, -0.1) is 0 Å². The SMILES string of the molecule is C1CCOC1.O=Cc1cc2c3c(c1)CCc1cc(C=O)cc(c1-3)CC2. The average Bonchev–Trinajstić information content (AvgIpc) is 3.25. The van der Waals surface area contributed by atoms with Gasteiger partial charge in [0.25, 0.3) is 0 Å². The second-order valence-electron chi connectivity index (χ2n) is 6.98. The molecule has 0 atom stereocenters. The predicted molar refractivity (Wildman–Crippen MR) is 97.5 cm³/mol. The summed E-state index contributed by atoms with van der Waals surface area (Å²) in [6, 6.07) is 8.10. The third kappa shape index (κ3) is 3.05. The van der Waals surface area contributed by atoms with Crippen molar-refractivity contribution < 1.29 is 14.3 Å². The van der Waals surface area contributed by atoms with Gasteiger partial charge in [0.1, 0.15) is 12.6 Å². The highest BCUT2D eigenvalue weighted by Gasteiger charge is 2.26. The fourth-order valence-electron chi connectivity index (χ4n) is 4.21. The van der Waals surface area contributed by atoms with E-state index in [4.69, 9.17) is 4.74 Å². The topological polar surface area (TPSA) is 43.4 Å². The zero-order chi connectivity index (χ0) is 17.2. The lowest BCUT2D eigenvalue weighted by atomic mass is 9.74. The first-order valence-corrected chi connectivity index (χ1v) is 9.10. The number of ether oxygens (including phenoxy) is 1. The zero-order valence-corrected chi connectivity index (χ0v) is 14.3. The van der Waals surface area contributed by atoms with Gasteiger partial charge in [0.05, 0.1) is 0 Å². The molecule has 0 amide bonds. The summed E-state index contributed by atoms with van der Waals surface area (Å²) in [5.74, 6) is 0. The van der Waals surface area contributed by atoms with Gasteiger partial charge in [-0.05, 0) is 96.2 Å². The highest BCUT2D eigenvalue weighted by Crippen LogP contribution is 2.43. The van der Waals surface area contributed by atoms with Crippen LogP contribution in [0, 0.1) is 0 Å². The Morgan fingerprint density at radius 3 is 1.24 bits per heavy atom. The van der Waals surface area contributed by atoms with Crippen LogP contribution in [0.2, 0.25) is 0 Å². The third-order valence-corrected chi connectivity index (χ3v) is 5.32. The molecule has 0 bridgehead atoms. The molecule has 3 heteroatoms. The number of hydrogen-bond acceptors (Lipinski definition) is 3. The van der Waals surface area contributed by atoms with E-state index in [9.17, 15) is 9.59 Å². The highest BCUT2D eigenvalue weighted by atomic mass is 16.5. The Morgan fingerprint density at radius 1 is 0.640 bits per heavy atom. The van der Waals surface area contributed by atoms with Gasteiger partial charge < -0.3 is 4.74 Å². The minimum atomic E-state index is 0.787. The third-order valence-electron chi connectivity index (χ3n) is 5.32. The largest absolute Gasteiger partial charge is 0.381 e. The Balaban J connectivity index is 0.000000272. The molecule has 0 unspecified atom stereocenters. The van der Waals surface area contributed by atoms with Crippen molar-refractivity contribution in [2.24, 2.45) is 0 Å². The zero-order valence-electron chi connectivity index (χ0n) is 14.3. The second-order valence-corrected chi connectivity index (χ2v) is 6.98. The number of benzene rings is 2. The quantitative estimate of drug-likeness (QED) is 0.781. The molecule has 2 aromatic rings. The Hall–Kier alpha value is -2.26. The van der Waals surface area contributed by atoms with Crippen LogP contribution >= 0.6 is 0 Å². The molecule has 0 aromatic heterocycles. The summed E-state index contributed by atoms with van der Waals surface area (Å²) in [5.41, 5.74) is 9.39. The van der Waals surface area contributed by atoms with E-state index < -0.39 is 0 Å². The molecule has 128 valence electrons. The van der Waals surface area contributed by atoms with Crippen LogP contribution < -0.4 is 0 Å². The van der Waals surface area contributed by atoms with E-state index in [0.717, 1.165) is 62.6 Å². The standard InChI is InChI=1S/C18H14O2.C4H8O/c19-9-11-5-13-1-2-14-6-12(10-20)8-16-4-3-15(7-11)17(13)18(14)16;1-2-4-5-3-1/h5-10H,1-4H2;1-4H2. The van der Waals surface area contributed by atoms with Crippen LogP contribution in [0.4, 0.5) is 0 Å². The van der Waals surface area contributed by atoms with E-state index in [-0.39, 0.29) is 0 Å². The first kappa shape index (κ1) is 16.2. The molecule has 0 saturated carbocycles. The van der Waals surface area contributed by atoms with Gasteiger partial charge in [0.15, 0.2) is 0 Å². The van der Waals surface area contributed by atoms with E-state index in [2.05, 4.69) is 0 Å². The van der Waals surface area contributed by atoms with Gasteiger partial charge in [-0.1, -0.05) is 0 Å². The highest BCUT2D eigenvalue weighted by molar-refractivity contribution is 5.87. The molecule has 1 aliphatic heterocycles. The van der Waals surface area contributed by atoms with Gasteiger partial charge in [-0.3, -0.25) is 9.59 Å². The van der Waals surface area contributed by atoms with E-state index in [0.29, 0.717) is 0 Å². The van der Waals surface area contributed by atoms with Gasteiger partial charge in [0, 0.05) is 24.3 Å². The van der Waals surface area contributed by atoms with Crippen LogP contribution in [-0.2, 0) is 30.4 Å². The van der Waals surface area contributed by atoms with Gasteiger partial charge in [-0.25, -0.2) is 0 Å². The van der Waals surface area contributed by atoms with Crippen molar-refractivity contribution in [1.29, 1.82) is 0 Å². The van der Waals surface area contributed by atoms with E-state index >= 15 is 0 Å². The molecule has 2 aromatic carbocycles. The van der Waals surface area contributed by atoms with Crippen molar-refractivity contribution in [3.05, 3.63) is 57.6 Å². The van der Waals surface area contributed by atoms with Crippen molar-refractivity contribution in [2.45, 2.75) is 38.5 Å². The molecule has 1 heterocycles. The molecule has 5 rings (SSSR count). The van der Waals surface area contributed by atoms with Crippen LogP contribution in [0.5, 0.6) is 0 Å². The van der Waals surface area contributed by atoms with E-state index in [1.54, 1.807) is 0 Å². The van der Waals surface area contributed by atoms with Gasteiger partial charge in [-0.2, -0.15) is 0 Å². The van der Waals surface area contributed by atoms with Crippen LogP contribution in [0.1, 0.15) is 55.8 Å². The van der Waals surface area contributed by atoms with Gasteiger partial charge in [0.2, 0.25) is 0 Å². The molecular weight excluding hydrogens is 312 g/mol. The maximum atomic E-state index is 11.1. The number of aldehydes is 2. The van der Waals surface area contributed by atoms with Crippen molar-refractivity contribution >= 4 is 12.6 Å². The lowest BCUT2D eigenvalue weighted by Crippen LogP contribution is -2.15. The lowest BCUT2D eigenvalue weighted by Gasteiger charge is -2.30. The Labute approximate surface area is 148 Å². The minimum Gasteiger partial charge on any atom is -0.381 e. The number of carbonyl (C=O) groups is 2. The molecule has 0 spiro atoms. The molecule has 0 N–H and O–H groups in total. The molecule has 0 radical (unpaired) electrons. The minimum absolute atomic E-state index is 0.787. The Kier molecular flexibility index (Phi) is 4.50. The summed E-state index contributed by atoms with van der Waals surface area (Å²) in [6.45, 7) is 2.00. The van der Waals surface area contributed by atoms with E-state index in [1.807, 2.05) is 24.3 Å². The number of carbonyl (C=O) groups excluding carboxylic acids is 2. The molecule has 1 saturated heterocycles. The average molecular weight is 334 g/mol. The summed E-state index contributed by atoms with van der Waals surface area (Å²) >= 11 is 0. The predicted octanol–water partition coefficient (Wildman–Crippen LogP) is 3.97. The number of hydrogen-bond donors (Lipinski definition) is 0. The lowest BCUT2D eigenvalue weighted by molar-refractivity contribution is 0.111. The van der Waals surface area contributed by atoms with Crippen molar-refractivity contribution in [2.75, 3.05) is 13.2 Å². The van der Waals surface area contributed by atoms with Crippen LogP contribution in [0.3, 0.4) is 0 Å².